The Morgan fingerprint density at radius 1 is 1.08 bits per heavy atom. The molecule has 2 heterocycles. The van der Waals surface area contributed by atoms with E-state index in [0.717, 1.165) is 23.3 Å². The molecule has 1 aliphatic heterocycles. The molecule has 1 fully saturated rings. The SMILES string of the molecule is O=C(NCc1ccc(S(=O)(=O)N2CCCC2)s1)NCc1ccccc1Cl. The van der Waals surface area contributed by atoms with E-state index in [0.29, 0.717) is 28.9 Å². The van der Waals surface area contributed by atoms with Gasteiger partial charge in [0, 0.05) is 29.5 Å². The maximum absolute atomic E-state index is 12.5. The van der Waals surface area contributed by atoms with Gasteiger partial charge < -0.3 is 10.6 Å². The first kappa shape index (κ1) is 19.2. The molecule has 1 aliphatic rings. The van der Waals surface area contributed by atoms with Gasteiger partial charge in [0.1, 0.15) is 4.21 Å². The highest BCUT2D eigenvalue weighted by atomic mass is 35.5. The minimum atomic E-state index is -3.40. The molecule has 0 saturated carbocycles. The van der Waals surface area contributed by atoms with Gasteiger partial charge in [0.05, 0.1) is 6.54 Å². The molecule has 2 amide bonds. The molecule has 1 aromatic heterocycles. The van der Waals surface area contributed by atoms with E-state index in [1.807, 2.05) is 18.2 Å². The molecule has 0 unspecified atom stereocenters. The van der Waals surface area contributed by atoms with E-state index < -0.39 is 10.0 Å². The summed E-state index contributed by atoms with van der Waals surface area (Å²) in [6, 6.07) is 10.3. The third-order valence-electron chi connectivity index (χ3n) is 4.12. The second-order valence-electron chi connectivity index (χ2n) is 5.96. The zero-order valence-corrected chi connectivity index (χ0v) is 16.5. The van der Waals surface area contributed by atoms with Gasteiger partial charge in [-0.2, -0.15) is 4.31 Å². The fourth-order valence-electron chi connectivity index (χ4n) is 2.69. The molecule has 0 spiro atoms. The number of amides is 2. The van der Waals surface area contributed by atoms with Gasteiger partial charge in [-0.25, -0.2) is 13.2 Å². The molecular formula is C17H20ClN3O3S2. The lowest BCUT2D eigenvalue weighted by atomic mass is 10.2. The van der Waals surface area contributed by atoms with E-state index in [9.17, 15) is 13.2 Å². The van der Waals surface area contributed by atoms with Crippen LogP contribution in [0.2, 0.25) is 5.02 Å². The van der Waals surface area contributed by atoms with Crippen LogP contribution in [0.5, 0.6) is 0 Å². The topological polar surface area (TPSA) is 78.5 Å². The largest absolute Gasteiger partial charge is 0.334 e. The Labute approximate surface area is 162 Å². The van der Waals surface area contributed by atoms with Crippen molar-refractivity contribution in [3.8, 4) is 0 Å². The Bertz CT molecular complexity index is 877. The number of hydrogen-bond donors (Lipinski definition) is 2. The first-order valence-corrected chi connectivity index (χ1v) is 10.9. The molecule has 1 saturated heterocycles. The smallest absolute Gasteiger partial charge is 0.315 e. The van der Waals surface area contributed by atoms with Gasteiger partial charge in [-0.1, -0.05) is 29.8 Å². The van der Waals surface area contributed by atoms with Crippen LogP contribution in [0.3, 0.4) is 0 Å². The molecule has 0 aliphatic carbocycles. The second-order valence-corrected chi connectivity index (χ2v) is 9.70. The number of rotatable bonds is 6. The van der Waals surface area contributed by atoms with Crippen molar-refractivity contribution >= 4 is 39.0 Å². The maximum atomic E-state index is 12.5. The third kappa shape index (κ3) is 4.56. The van der Waals surface area contributed by atoms with Crippen molar-refractivity contribution in [1.29, 1.82) is 0 Å². The van der Waals surface area contributed by atoms with Crippen molar-refractivity contribution in [3.05, 3.63) is 51.9 Å². The Kier molecular flexibility index (Phi) is 6.18. The monoisotopic (exact) mass is 413 g/mol. The summed E-state index contributed by atoms with van der Waals surface area (Å²) in [5, 5.41) is 6.07. The number of benzene rings is 1. The molecule has 0 bridgehead atoms. The van der Waals surface area contributed by atoms with Crippen LogP contribution < -0.4 is 10.6 Å². The Morgan fingerprint density at radius 3 is 2.50 bits per heavy atom. The molecule has 2 N–H and O–H groups in total. The van der Waals surface area contributed by atoms with Gasteiger partial charge in [-0.05, 0) is 36.6 Å². The first-order valence-electron chi connectivity index (χ1n) is 8.31. The van der Waals surface area contributed by atoms with Crippen LogP contribution in [0.15, 0.2) is 40.6 Å². The van der Waals surface area contributed by atoms with Crippen LogP contribution in [0.1, 0.15) is 23.3 Å². The van der Waals surface area contributed by atoms with Crippen LogP contribution >= 0.6 is 22.9 Å². The van der Waals surface area contributed by atoms with Gasteiger partial charge >= 0.3 is 6.03 Å². The van der Waals surface area contributed by atoms with Crippen LogP contribution in [0, 0.1) is 0 Å². The van der Waals surface area contributed by atoms with E-state index in [2.05, 4.69) is 10.6 Å². The number of sulfonamides is 1. The number of hydrogen-bond acceptors (Lipinski definition) is 4. The van der Waals surface area contributed by atoms with Crippen LogP contribution in [0.25, 0.3) is 0 Å². The van der Waals surface area contributed by atoms with Crippen molar-refractivity contribution in [3.63, 3.8) is 0 Å². The zero-order chi connectivity index (χ0) is 18.6. The quantitative estimate of drug-likeness (QED) is 0.763. The van der Waals surface area contributed by atoms with Crippen LogP contribution in [-0.2, 0) is 23.1 Å². The van der Waals surface area contributed by atoms with Crippen LogP contribution in [0.4, 0.5) is 4.79 Å². The minimum Gasteiger partial charge on any atom is -0.334 e. The summed E-state index contributed by atoms with van der Waals surface area (Å²) in [6.45, 7) is 1.76. The standard InChI is InChI=1S/C17H20ClN3O3S2/c18-15-6-2-1-5-13(15)11-19-17(22)20-12-14-7-8-16(25-14)26(23,24)21-9-3-4-10-21/h1-2,5-8H,3-4,9-12H2,(H2,19,20,22). The first-order chi connectivity index (χ1) is 12.5. The number of nitrogens with zero attached hydrogens (tertiary/aromatic N) is 1. The third-order valence-corrected chi connectivity index (χ3v) is 7.94. The number of urea groups is 1. The molecular weight excluding hydrogens is 394 g/mol. The highest BCUT2D eigenvalue weighted by Gasteiger charge is 2.28. The Morgan fingerprint density at radius 2 is 1.77 bits per heavy atom. The van der Waals surface area contributed by atoms with Crippen molar-refractivity contribution in [1.82, 2.24) is 14.9 Å². The summed E-state index contributed by atoms with van der Waals surface area (Å²) in [4.78, 5) is 12.7. The predicted octanol–water partition coefficient (Wildman–Crippen LogP) is 3.19. The van der Waals surface area contributed by atoms with E-state index in [4.69, 9.17) is 11.6 Å². The average Bonchev–Trinajstić information content (AvgIpc) is 3.31. The Balaban J connectivity index is 1.51. The van der Waals surface area contributed by atoms with E-state index in [-0.39, 0.29) is 12.6 Å². The summed E-state index contributed by atoms with van der Waals surface area (Å²) in [6.07, 6.45) is 1.81. The summed E-state index contributed by atoms with van der Waals surface area (Å²) < 4.78 is 26.8. The molecule has 3 rings (SSSR count). The molecule has 2 aromatic rings. The molecule has 0 radical (unpaired) electrons. The maximum Gasteiger partial charge on any atom is 0.315 e. The van der Waals surface area contributed by atoms with E-state index in [1.54, 1.807) is 18.2 Å². The lowest BCUT2D eigenvalue weighted by molar-refractivity contribution is 0.240. The normalized spacial score (nSPS) is 15.1. The van der Waals surface area contributed by atoms with Crippen molar-refractivity contribution < 1.29 is 13.2 Å². The molecule has 9 heteroatoms. The molecule has 140 valence electrons. The Hall–Kier alpha value is -1.61. The van der Waals surface area contributed by atoms with Gasteiger partial charge in [0.25, 0.3) is 10.0 Å². The lowest BCUT2D eigenvalue weighted by Gasteiger charge is -2.13. The van der Waals surface area contributed by atoms with E-state index in [1.165, 1.54) is 15.6 Å². The van der Waals surface area contributed by atoms with Crippen molar-refractivity contribution in [2.24, 2.45) is 0 Å². The fourth-order valence-corrected chi connectivity index (χ4v) is 5.86. The number of halogens is 1. The van der Waals surface area contributed by atoms with Gasteiger partial charge in [0.2, 0.25) is 0 Å². The average molecular weight is 414 g/mol. The highest BCUT2D eigenvalue weighted by molar-refractivity contribution is 7.91. The number of carbonyl (C=O) groups is 1. The minimum absolute atomic E-state index is 0.272. The molecule has 6 nitrogen and oxygen atoms in total. The zero-order valence-electron chi connectivity index (χ0n) is 14.1. The highest BCUT2D eigenvalue weighted by Crippen LogP contribution is 2.27. The summed E-state index contributed by atoms with van der Waals surface area (Å²) in [5.74, 6) is 0. The summed E-state index contributed by atoms with van der Waals surface area (Å²) in [5.41, 5.74) is 0.833. The lowest BCUT2D eigenvalue weighted by Crippen LogP contribution is -2.34. The van der Waals surface area contributed by atoms with E-state index >= 15 is 0 Å². The second kappa shape index (κ2) is 8.39. The van der Waals surface area contributed by atoms with Gasteiger partial charge in [0.15, 0.2) is 0 Å². The van der Waals surface area contributed by atoms with Crippen molar-refractivity contribution in [2.45, 2.75) is 30.1 Å². The van der Waals surface area contributed by atoms with Gasteiger partial charge in [-0.3, -0.25) is 0 Å². The molecule has 0 atom stereocenters. The molecule has 1 aromatic carbocycles. The van der Waals surface area contributed by atoms with Crippen LogP contribution in [-0.4, -0.2) is 31.8 Å². The summed E-state index contributed by atoms with van der Waals surface area (Å²) >= 11 is 7.24. The number of nitrogens with one attached hydrogen (secondary N) is 2. The fraction of sp³-hybridized carbons (Fsp3) is 0.353. The van der Waals surface area contributed by atoms with Crippen molar-refractivity contribution in [2.75, 3.05) is 13.1 Å². The summed E-state index contributed by atoms with van der Waals surface area (Å²) in [7, 11) is -3.40. The predicted molar refractivity (Wildman–Crippen MR) is 103 cm³/mol. The number of thiophene rings is 1. The molecule has 26 heavy (non-hydrogen) atoms. The van der Waals surface area contributed by atoms with Gasteiger partial charge in [-0.15, -0.1) is 11.3 Å². The number of carbonyl (C=O) groups excluding carboxylic acids is 1.